The molecule has 1 N–H and O–H groups in total. The standard InChI is InChI=1S/C15H18N4S/c1-15(2,3)14-19-12(10-20-14)6-8-18-13-11(9-16)5-4-7-17-13/h4-5,7,10H,6,8H2,1-3H3,(H,17,18). The largest absolute Gasteiger partial charge is 0.369 e. The van der Waals surface area contributed by atoms with Crippen LogP contribution in [-0.4, -0.2) is 16.5 Å². The monoisotopic (exact) mass is 286 g/mol. The van der Waals surface area contributed by atoms with Gasteiger partial charge in [0.05, 0.1) is 16.3 Å². The topological polar surface area (TPSA) is 61.6 Å². The molecule has 104 valence electrons. The smallest absolute Gasteiger partial charge is 0.143 e. The molecule has 0 aromatic carbocycles. The highest BCUT2D eigenvalue weighted by Gasteiger charge is 2.17. The maximum atomic E-state index is 8.99. The van der Waals surface area contributed by atoms with E-state index >= 15 is 0 Å². The highest BCUT2D eigenvalue weighted by molar-refractivity contribution is 7.09. The van der Waals surface area contributed by atoms with E-state index in [1.165, 1.54) is 0 Å². The molecule has 0 aliphatic heterocycles. The summed E-state index contributed by atoms with van der Waals surface area (Å²) in [6, 6.07) is 5.65. The third kappa shape index (κ3) is 3.55. The van der Waals surface area contributed by atoms with Gasteiger partial charge in [0.15, 0.2) is 0 Å². The Labute approximate surface area is 123 Å². The van der Waals surface area contributed by atoms with Crippen molar-refractivity contribution in [1.82, 2.24) is 9.97 Å². The Kier molecular flexibility index (Phi) is 4.35. The predicted molar refractivity (Wildman–Crippen MR) is 82.0 cm³/mol. The number of nitrogens with one attached hydrogen (secondary N) is 1. The summed E-state index contributed by atoms with van der Waals surface area (Å²) in [5, 5.41) is 15.4. The van der Waals surface area contributed by atoms with E-state index in [-0.39, 0.29) is 5.41 Å². The van der Waals surface area contributed by atoms with E-state index in [9.17, 15) is 0 Å². The van der Waals surface area contributed by atoms with Crippen LogP contribution in [0, 0.1) is 11.3 Å². The van der Waals surface area contributed by atoms with Gasteiger partial charge in [0.1, 0.15) is 11.9 Å². The minimum absolute atomic E-state index is 0.102. The molecule has 2 rings (SSSR count). The maximum absolute atomic E-state index is 8.99. The van der Waals surface area contributed by atoms with Gasteiger partial charge in [-0.2, -0.15) is 5.26 Å². The summed E-state index contributed by atoms with van der Waals surface area (Å²) >= 11 is 1.70. The number of anilines is 1. The molecule has 0 saturated heterocycles. The predicted octanol–water partition coefficient (Wildman–Crippen LogP) is 3.36. The van der Waals surface area contributed by atoms with Gasteiger partial charge < -0.3 is 5.32 Å². The second-order valence-electron chi connectivity index (χ2n) is 5.58. The summed E-state index contributed by atoms with van der Waals surface area (Å²) in [6.07, 6.45) is 2.51. The Hall–Kier alpha value is -1.93. The highest BCUT2D eigenvalue weighted by Crippen LogP contribution is 2.25. The number of aromatic nitrogens is 2. The molecule has 0 unspecified atom stereocenters. The summed E-state index contributed by atoms with van der Waals surface area (Å²) in [5.74, 6) is 0.640. The van der Waals surface area contributed by atoms with Crippen molar-refractivity contribution in [3.8, 4) is 6.07 Å². The van der Waals surface area contributed by atoms with Crippen molar-refractivity contribution in [1.29, 1.82) is 5.26 Å². The molecule has 2 heterocycles. The molecule has 0 atom stereocenters. The van der Waals surface area contributed by atoms with Crippen molar-refractivity contribution >= 4 is 17.2 Å². The van der Waals surface area contributed by atoms with Gasteiger partial charge in [-0.15, -0.1) is 11.3 Å². The Morgan fingerprint density at radius 1 is 1.40 bits per heavy atom. The lowest BCUT2D eigenvalue weighted by atomic mass is 9.98. The lowest BCUT2D eigenvalue weighted by Crippen LogP contribution is -2.11. The Morgan fingerprint density at radius 3 is 2.85 bits per heavy atom. The van der Waals surface area contributed by atoms with Crippen LogP contribution < -0.4 is 5.32 Å². The van der Waals surface area contributed by atoms with Crippen molar-refractivity contribution in [2.75, 3.05) is 11.9 Å². The summed E-state index contributed by atoms with van der Waals surface area (Å²) in [4.78, 5) is 8.82. The minimum atomic E-state index is 0.102. The molecule has 0 fully saturated rings. The van der Waals surface area contributed by atoms with Crippen LogP contribution >= 0.6 is 11.3 Å². The van der Waals surface area contributed by atoms with Crippen LogP contribution in [0.25, 0.3) is 0 Å². The number of hydrogen-bond donors (Lipinski definition) is 1. The summed E-state index contributed by atoms with van der Waals surface area (Å²) in [6.45, 7) is 7.22. The summed E-state index contributed by atoms with van der Waals surface area (Å²) in [5.41, 5.74) is 1.76. The van der Waals surface area contributed by atoms with Gasteiger partial charge >= 0.3 is 0 Å². The third-order valence-corrected chi connectivity index (χ3v) is 4.11. The normalized spacial score (nSPS) is 11.1. The van der Waals surface area contributed by atoms with Gasteiger partial charge in [-0.1, -0.05) is 20.8 Å². The fourth-order valence-corrected chi connectivity index (χ4v) is 2.65. The number of hydrogen-bond acceptors (Lipinski definition) is 5. The molecule has 2 aromatic rings. The molecule has 0 amide bonds. The van der Waals surface area contributed by atoms with Gasteiger partial charge in [0.2, 0.25) is 0 Å². The first-order valence-corrected chi connectivity index (χ1v) is 7.42. The molecule has 0 radical (unpaired) electrons. The molecule has 0 aliphatic carbocycles. The highest BCUT2D eigenvalue weighted by atomic mass is 32.1. The molecule has 0 bridgehead atoms. The molecule has 4 nitrogen and oxygen atoms in total. The van der Waals surface area contributed by atoms with Gasteiger partial charge in [0.25, 0.3) is 0 Å². The number of nitrogens with zero attached hydrogens (tertiary/aromatic N) is 3. The van der Waals surface area contributed by atoms with Crippen molar-refractivity contribution in [3.63, 3.8) is 0 Å². The number of rotatable bonds is 4. The van der Waals surface area contributed by atoms with Crippen molar-refractivity contribution in [3.05, 3.63) is 40.0 Å². The molecule has 0 aliphatic rings. The van der Waals surface area contributed by atoms with E-state index in [2.05, 4.69) is 47.5 Å². The summed E-state index contributed by atoms with van der Waals surface area (Å²) in [7, 11) is 0. The fourth-order valence-electron chi connectivity index (χ4n) is 1.71. The molecule has 20 heavy (non-hydrogen) atoms. The van der Waals surface area contributed by atoms with E-state index in [1.807, 2.05) is 0 Å². The van der Waals surface area contributed by atoms with Gasteiger partial charge in [-0.3, -0.25) is 0 Å². The molecular weight excluding hydrogens is 268 g/mol. The minimum Gasteiger partial charge on any atom is -0.369 e. The van der Waals surface area contributed by atoms with Crippen molar-refractivity contribution in [2.24, 2.45) is 0 Å². The first-order chi connectivity index (χ1) is 9.50. The fraction of sp³-hybridized carbons (Fsp3) is 0.400. The average Bonchev–Trinajstić information content (AvgIpc) is 2.88. The lowest BCUT2D eigenvalue weighted by molar-refractivity contribution is 0.583. The van der Waals surface area contributed by atoms with E-state index in [1.54, 1.807) is 29.7 Å². The van der Waals surface area contributed by atoms with Crippen LogP contribution in [0.3, 0.4) is 0 Å². The Balaban J connectivity index is 1.94. The molecule has 5 heteroatoms. The summed E-state index contributed by atoms with van der Waals surface area (Å²) < 4.78 is 0. The van der Waals surface area contributed by atoms with Crippen LogP contribution in [0.4, 0.5) is 5.82 Å². The average molecular weight is 286 g/mol. The molecule has 2 aromatic heterocycles. The van der Waals surface area contributed by atoms with Crippen LogP contribution in [0.1, 0.15) is 37.0 Å². The zero-order valence-electron chi connectivity index (χ0n) is 12.0. The Morgan fingerprint density at radius 2 is 2.20 bits per heavy atom. The third-order valence-electron chi connectivity index (χ3n) is 2.80. The zero-order chi connectivity index (χ0) is 14.6. The maximum Gasteiger partial charge on any atom is 0.143 e. The van der Waals surface area contributed by atoms with Crippen molar-refractivity contribution in [2.45, 2.75) is 32.6 Å². The van der Waals surface area contributed by atoms with E-state index in [0.717, 1.165) is 23.7 Å². The number of pyridine rings is 1. The quantitative estimate of drug-likeness (QED) is 0.936. The van der Waals surface area contributed by atoms with E-state index in [4.69, 9.17) is 5.26 Å². The SMILES string of the molecule is CC(C)(C)c1nc(CCNc2ncccc2C#N)cs1. The van der Waals surface area contributed by atoms with Gasteiger partial charge in [-0.25, -0.2) is 9.97 Å². The second kappa shape index (κ2) is 6.02. The van der Waals surface area contributed by atoms with Crippen LogP contribution in [-0.2, 0) is 11.8 Å². The lowest BCUT2D eigenvalue weighted by Gasteiger charge is -2.13. The zero-order valence-corrected chi connectivity index (χ0v) is 12.8. The Bertz CT molecular complexity index is 619. The van der Waals surface area contributed by atoms with Crippen LogP contribution in [0.15, 0.2) is 23.7 Å². The molecule has 0 saturated carbocycles. The number of thiazole rings is 1. The van der Waals surface area contributed by atoms with Gasteiger partial charge in [0, 0.05) is 30.0 Å². The van der Waals surface area contributed by atoms with Crippen LogP contribution in [0.5, 0.6) is 0 Å². The van der Waals surface area contributed by atoms with E-state index in [0.29, 0.717) is 11.4 Å². The first kappa shape index (κ1) is 14.5. The van der Waals surface area contributed by atoms with E-state index < -0.39 is 0 Å². The first-order valence-electron chi connectivity index (χ1n) is 6.54. The number of nitriles is 1. The van der Waals surface area contributed by atoms with Crippen molar-refractivity contribution < 1.29 is 0 Å². The molecular formula is C15H18N4S. The molecule has 0 spiro atoms. The second-order valence-corrected chi connectivity index (χ2v) is 6.44. The van der Waals surface area contributed by atoms with Gasteiger partial charge in [-0.05, 0) is 12.1 Å². The van der Waals surface area contributed by atoms with Crippen LogP contribution in [0.2, 0.25) is 0 Å².